The molecule has 1 saturated heterocycles. The lowest BCUT2D eigenvalue weighted by atomic mass is 9.69. The van der Waals surface area contributed by atoms with E-state index in [0.717, 1.165) is 38.2 Å². The molecule has 0 spiro atoms. The van der Waals surface area contributed by atoms with Crippen LogP contribution >= 0.6 is 34.4 Å². The summed E-state index contributed by atoms with van der Waals surface area (Å²) in [5.74, 6) is -2.68. The Balaban J connectivity index is 1.14. The molecule has 2 aromatic heterocycles. The predicted octanol–water partition coefficient (Wildman–Crippen LogP) is 4.63. The monoisotopic (exact) mass is 591 g/mol. The fourth-order valence-electron chi connectivity index (χ4n) is 7.14. The Bertz CT molecular complexity index is 1570. The Morgan fingerprint density at radius 1 is 1.08 bits per heavy atom. The van der Waals surface area contributed by atoms with Gasteiger partial charge in [0.05, 0.1) is 22.4 Å². The van der Waals surface area contributed by atoms with E-state index in [1.54, 1.807) is 23.1 Å². The van der Waals surface area contributed by atoms with Crippen molar-refractivity contribution < 1.29 is 27.6 Å². The number of amides is 3. The molecule has 7 nitrogen and oxygen atoms in total. The number of fused-ring (bicyclic) bond motifs is 9. The number of aromatic amines is 1. The second kappa shape index (κ2) is 8.80. The maximum Gasteiger partial charge on any atom is 0.416 e. The zero-order chi connectivity index (χ0) is 27.2. The third-order valence-corrected chi connectivity index (χ3v) is 12.0. The van der Waals surface area contributed by atoms with Gasteiger partial charge >= 0.3 is 11.0 Å². The van der Waals surface area contributed by atoms with Gasteiger partial charge in [0.25, 0.3) is 0 Å². The molecular weight excluding hydrogens is 571 g/mol. The molecule has 13 heteroatoms. The molecule has 7 atom stereocenters. The highest BCUT2D eigenvalue weighted by atomic mass is 32.2. The minimum atomic E-state index is -4.56. The summed E-state index contributed by atoms with van der Waals surface area (Å²) >= 11 is 4.41. The van der Waals surface area contributed by atoms with Gasteiger partial charge in [0.15, 0.2) is 0 Å². The van der Waals surface area contributed by atoms with Crippen LogP contribution in [0.4, 0.5) is 18.9 Å². The average molecular weight is 592 g/mol. The molecule has 7 rings (SSSR count). The first-order valence-corrected chi connectivity index (χ1v) is 14.9. The van der Waals surface area contributed by atoms with E-state index in [2.05, 4.69) is 10.3 Å². The quantitative estimate of drug-likeness (QED) is 0.432. The Morgan fingerprint density at radius 3 is 2.56 bits per heavy atom. The van der Waals surface area contributed by atoms with Crippen molar-refractivity contribution in [3.05, 3.63) is 66.8 Å². The van der Waals surface area contributed by atoms with E-state index in [-0.39, 0.29) is 39.5 Å². The summed E-state index contributed by atoms with van der Waals surface area (Å²) < 4.78 is 39.1. The summed E-state index contributed by atoms with van der Waals surface area (Å²) in [4.78, 5) is 58.0. The molecule has 2 saturated carbocycles. The number of anilines is 1. The number of thioether (sulfide) groups is 1. The molecule has 3 fully saturated rings. The Kier molecular flexibility index (Phi) is 5.66. The highest BCUT2D eigenvalue weighted by Gasteiger charge is 2.69. The summed E-state index contributed by atoms with van der Waals surface area (Å²) in [6.07, 6.45) is -3.83. The normalized spacial score (nSPS) is 30.8. The molecule has 39 heavy (non-hydrogen) atoms. The summed E-state index contributed by atoms with van der Waals surface area (Å²) in [5, 5.41) is 5.28. The Morgan fingerprint density at radius 2 is 1.85 bits per heavy atom. The van der Waals surface area contributed by atoms with Crippen LogP contribution in [0, 0.1) is 29.6 Å². The van der Waals surface area contributed by atoms with Crippen LogP contribution in [0.2, 0.25) is 0 Å². The summed E-state index contributed by atoms with van der Waals surface area (Å²) in [7, 11) is 0. The number of thiazole rings is 1. The van der Waals surface area contributed by atoms with Gasteiger partial charge in [0.2, 0.25) is 17.7 Å². The minimum Gasteiger partial charge on any atom is -0.325 e. The van der Waals surface area contributed by atoms with Crippen LogP contribution in [0.1, 0.15) is 27.7 Å². The summed E-state index contributed by atoms with van der Waals surface area (Å²) in [5.41, 5.74) is -0.967. The SMILES string of the molecule is O=C(CN1C(=O)C2C3CC(C2C1=O)C1C(c2cccs2)c2sc(=O)[nH]c2SC31)Nc1cccc(C(F)(F)F)c1. The summed E-state index contributed by atoms with van der Waals surface area (Å²) in [6, 6.07) is 8.24. The lowest BCUT2D eigenvalue weighted by Crippen LogP contribution is -2.42. The van der Waals surface area contributed by atoms with Crippen molar-refractivity contribution in [2.45, 2.75) is 28.8 Å². The molecule has 1 aromatic carbocycles. The van der Waals surface area contributed by atoms with Crippen LogP contribution in [0.3, 0.4) is 0 Å². The van der Waals surface area contributed by atoms with Gasteiger partial charge in [-0.1, -0.05) is 23.5 Å². The number of alkyl halides is 3. The molecule has 3 amide bonds. The van der Waals surface area contributed by atoms with Gasteiger partial charge in [-0.2, -0.15) is 13.2 Å². The Labute approximate surface area is 231 Å². The molecule has 202 valence electrons. The molecule has 7 unspecified atom stereocenters. The summed E-state index contributed by atoms with van der Waals surface area (Å²) in [6.45, 7) is -0.544. The highest BCUT2D eigenvalue weighted by molar-refractivity contribution is 8.00. The lowest BCUT2D eigenvalue weighted by Gasteiger charge is -2.42. The number of carbonyl (C=O) groups is 3. The topological polar surface area (TPSA) is 99.3 Å². The largest absolute Gasteiger partial charge is 0.416 e. The van der Waals surface area contributed by atoms with Crippen molar-refractivity contribution in [1.82, 2.24) is 9.88 Å². The number of carbonyl (C=O) groups excluding carboxylic acids is 3. The smallest absolute Gasteiger partial charge is 0.325 e. The number of nitrogens with one attached hydrogen (secondary N) is 2. The van der Waals surface area contributed by atoms with Crippen LogP contribution in [-0.2, 0) is 20.6 Å². The number of nitrogens with zero attached hydrogens (tertiary/aromatic N) is 1. The number of hydrogen-bond donors (Lipinski definition) is 2. The van der Waals surface area contributed by atoms with Crippen LogP contribution < -0.4 is 10.2 Å². The predicted molar refractivity (Wildman–Crippen MR) is 140 cm³/mol. The third kappa shape index (κ3) is 3.84. The van der Waals surface area contributed by atoms with Crippen molar-refractivity contribution in [2.75, 3.05) is 11.9 Å². The van der Waals surface area contributed by atoms with E-state index in [4.69, 9.17) is 0 Å². The van der Waals surface area contributed by atoms with Crippen molar-refractivity contribution in [1.29, 1.82) is 0 Å². The number of imide groups is 1. The maximum atomic E-state index is 13.6. The van der Waals surface area contributed by atoms with Crippen molar-refractivity contribution in [3.8, 4) is 0 Å². The van der Waals surface area contributed by atoms with Crippen LogP contribution in [0.25, 0.3) is 0 Å². The molecule has 2 N–H and O–H groups in total. The second-order valence-electron chi connectivity index (χ2n) is 10.4. The standard InChI is InChI=1S/C26H20F3N3O4S3/c27-26(28,29)10-3-1-4-11(7-10)30-15(33)9-32-23(34)17-12-8-13(18(17)24(32)35)20-16(12)19(14-5-2-6-37-14)21-22(38-20)31-25(36)39-21/h1-7,12-13,16-20H,8-9H2,(H,30,33)(H,31,36). The molecule has 4 aliphatic rings. The number of benzene rings is 1. The minimum absolute atomic E-state index is 0.0349. The van der Waals surface area contributed by atoms with Crippen molar-refractivity contribution in [3.63, 3.8) is 0 Å². The average Bonchev–Trinajstić information content (AvgIpc) is 3.69. The van der Waals surface area contributed by atoms with Gasteiger partial charge in [0.1, 0.15) is 6.54 Å². The lowest BCUT2D eigenvalue weighted by molar-refractivity contribution is -0.143. The van der Waals surface area contributed by atoms with Gasteiger partial charge < -0.3 is 10.3 Å². The van der Waals surface area contributed by atoms with Crippen molar-refractivity contribution >= 4 is 57.8 Å². The first-order chi connectivity index (χ1) is 18.6. The van der Waals surface area contributed by atoms with Gasteiger partial charge in [-0.05, 0) is 53.8 Å². The van der Waals surface area contributed by atoms with E-state index >= 15 is 0 Å². The van der Waals surface area contributed by atoms with Gasteiger partial charge in [-0.3, -0.25) is 24.1 Å². The van der Waals surface area contributed by atoms with E-state index in [0.29, 0.717) is 0 Å². The first-order valence-electron chi connectivity index (χ1n) is 12.4. The number of hydrogen-bond acceptors (Lipinski definition) is 7. The number of aromatic nitrogens is 1. The number of halogens is 3. The molecule has 3 aromatic rings. The van der Waals surface area contributed by atoms with Crippen LogP contribution in [-0.4, -0.2) is 39.4 Å². The molecule has 4 heterocycles. The molecule has 0 radical (unpaired) electrons. The highest BCUT2D eigenvalue weighted by Crippen LogP contribution is 2.68. The first kappa shape index (κ1) is 25.1. The van der Waals surface area contributed by atoms with Crippen molar-refractivity contribution in [2.24, 2.45) is 29.6 Å². The third-order valence-electron chi connectivity index (χ3n) is 8.44. The zero-order valence-corrected chi connectivity index (χ0v) is 22.4. The second-order valence-corrected chi connectivity index (χ2v) is 13.5. The van der Waals surface area contributed by atoms with E-state index in [9.17, 15) is 32.3 Å². The number of likely N-dealkylation sites (tertiary alicyclic amines) is 1. The number of rotatable bonds is 4. The fraction of sp³-hybridized carbons (Fsp3) is 0.385. The molecule has 2 aliphatic heterocycles. The van der Waals surface area contributed by atoms with Gasteiger partial charge in [-0.15, -0.1) is 23.1 Å². The van der Waals surface area contributed by atoms with Gasteiger partial charge in [0, 0.05) is 26.6 Å². The zero-order valence-electron chi connectivity index (χ0n) is 19.9. The molecular formula is C26H20F3N3O4S3. The van der Waals surface area contributed by atoms with E-state index in [1.165, 1.54) is 23.5 Å². The van der Waals surface area contributed by atoms with Crippen LogP contribution in [0.15, 0.2) is 51.6 Å². The molecule has 2 bridgehead atoms. The maximum absolute atomic E-state index is 13.6. The van der Waals surface area contributed by atoms with Crippen LogP contribution in [0.5, 0.6) is 0 Å². The van der Waals surface area contributed by atoms with E-state index < -0.39 is 47.8 Å². The number of H-pyrrole nitrogens is 1. The Hall–Kier alpha value is -2.90. The molecule has 2 aliphatic carbocycles. The van der Waals surface area contributed by atoms with E-state index in [1.807, 2.05) is 17.5 Å². The number of thiophene rings is 1. The van der Waals surface area contributed by atoms with Gasteiger partial charge in [-0.25, -0.2) is 0 Å². The fourth-order valence-corrected chi connectivity index (χ4v) is 11.0.